The van der Waals surface area contributed by atoms with Crippen molar-refractivity contribution in [3.05, 3.63) is 22.4 Å². The fourth-order valence-electron chi connectivity index (χ4n) is 1.84. The Balaban J connectivity index is 1.74. The van der Waals surface area contributed by atoms with Gasteiger partial charge in [-0.05, 0) is 29.4 Å². The van der Waals surface area contributed by atoms with Crippen molar-refractivity contribution in [2.24, 2.45) is 0 Å². The van der Waals surface area contributed by atoms with E-state index in [0.717, 1.165) is 32.8 Å². The summed E-state index contributed by atoms with van der Waals surface area (Å²) in [5, 5.41) is 7.68. The quantitative estimate of drug-likeness (QED) is 0.834. The SMILES string of the molecule is CN(Cc1ccsc1)CC1CNCCO1. The Kier molecular flexibility index (Phi) is 4.14. The molecule has 1 aromatic heterocycles. The molecule has 1 saturated heterocycles. The Morgan fingerprint density at radius 3 is 3.27 bits per heavy atom. The molecule has 84 valence electrons. The van der Waals surface area contributed by atoms with E-state index >= 15 is 0 Å². The molecule has 1 aliphatic rings. The van der Waals surface area contributed by atoms with Crippen molar-refractivity contribution in [1.82, 2.24) is 10.2 Å². The topological polar surface area (TPSA) is 24.5 Å². The van der Waals surface area contributed by atoms with E-state index in [-0.39, 0.29) is 0 Å². The first-order valence-electron chi connectivity index (χ1n) is 5.36. The smallest absolute Gasteiger partial charge is 0.0826 e. The third kappa shape index (κ3) is 3.57. The first kappa shape index (κ1) is 11.1. The molecule has 4 heteroatoms. The molecule has 15 heavy (non-hydrogen) atoms. The summed E-state index contributed by atoms with van der Waals surface area (Å²) in [5.74, 6) is 0. The zero-order chi connectivity index (χ0) is 10.5. The van der Waals surface area contributed by atoms with Crippen LogP contribution in [-0.2, 0) is 11.3 Å². The Labute approximate surface area is 95.0 Å². The lowest BCUT2D eigenvalue weighted by Gasteiger charge is -2.27. The van der Waals surface area contributed by atoms with Crippen LogP contribution >= 0.6 is 11.3 Å². The van der Waals surface area contributed by atoms with E-state index in [9.17, 15) is 0 Å². The second-order valence-corrected chi connectivity index (χ2v) is 4.81. The summed E-state index contributed by atoms with van der Waals surface area (Å²) in [6.07, 6.45) is 0.349. The number of likely N-dealkylation sites (N-methyl/N-ethyl adjacent to an activating group) is 1. The number of nitrogens with zero attached hydrogens (tertiary/aromatic N) is 1. The zero-order valence-electron chi connectivity index (χ0n) is 9.11. The first-order chi connectivity index (χ1) is 7.34. The van der Waals surface area contributed by atoms with Crippen LogP contribution in [0.5, 0.6) is 0 Å². The lowest BCUT2D eigenvalue weighted by atomic mass is 10.2. The lowest BCUT2D eigenvalue weighted by Crippen LogP contribution is -2.44. The van der Waals surface area contributed by atoms with Crippen LogP contribution < -0.4 is 5.32 Å². The molecule has 0 amide bonds. The number of ether oxygens (including phenoxy) is 1. The van der Waals surface area contributed by atoms with Gasteiger partial charge in [0.25, 0.3) is 0 Å². The largest absolute Gasteiger partial charge is 0.374 e. The highest BCUT2D eigenvalue weighted by molar-refractivity contribution is 7.07. The van der Waals surface area contributed by atoms with Crippen molar-refractivity contribution in [1.29, 1.82) is 0 Å². The van der Waals surface area contributed by atoms with Crippen LogP contribution in [0.4, 0.5) is 0 Å². The summed E-state index contributed by atoms with van der Waals surface area (Å²) in [5.41, 5.74) is 1.39. The molecule has 1 aromatic rings. The predicted molar refractivity (Wildman–Crippen MR) is 63.3 cm³/mol. The van der Waals surface area contributed by atoms with Gasteiger partial charge in [-0.15, -0.1) is 0 Å². The van der Waals surface area contributed by atoms with Crippen LogP contribution in [0.2, 0.25) is 0 Å². The van der Waals surface area contributed by atoms with Crippen LogP contribution in [0.15, 0.2) is 16.8 Å². The molecule has 3 nitrogen and oxygen atoms in total. The molecule has 2 rings (SSSR count). The molecule has 0 saturated carbocycles. The number of thiophene rings is 1. The summed E-state index contributed by atoms with van der Waals surface area (Å²) >= 11 is 1.76. The van der Waals surface area contributed by atoms with Crippen molar-refractivity contribution in [3.63, 3.8) is 0 Å². The summed E-state index contributed by atoms with van der Waals surface area (Å²) < 4.78 is 5.67. The highest BCUT2D eigenvalue weighted by Gasteiger charge is 2.15. The van der Waals surface area contributed by atoms with Crippen LogP contribution in [0.3, 0.4) is 0 Å². The van der Waals surface area contributed by atoms with Crippen molar-refractivity contribution in [2.45, 2.75) is 12.6 Å². The Morgan fingerprint density at radius 1 is 1.67 bits per heavy atom. The molecule has 0 radical (unpaired) electrons. The van der Waals surface area contributed by atoms with Crippen molar-refractivity contribution in [2.75, 3.05) is 33.3 Å². The second kappa shape index (κ2) is 5.61. The number of morpholine rings is 1. The van der Waals surface area contributed by atoms with E-state index < -0.39 is 0 Å². The highest BCUT2D eigenvalue weighted by Crippen LogP contribution is 2.09. The number of hydrogen-bond acceptors (Lipinski definition) is 4. The molecule has 0 bridgehead atoms. The zero-order valence-corrected chi connectivity index (χ0v) is 9.93. The van der Waals surface area contributed by atoms with Crippen LogP contribution in [0, 0.1) is 0 Å². The minimum absolute atomic E-state index is 0.349. The molecule has 0 spiro atoms. The maximum atomic E-state index is 5.67. The Morgan fingerprint density at radius 2 is 2.60 bits per heavy atom. The van der Waals surface area contributed by atoms with E-state index in [1.807, 2.05) is 0 Å². The molecule has 1 unspecified atom stereocenters. The second-order valence-electron chi connectivity index (χ2n) is 4.03. The number of hydrogen-bond donors (Lipinski definition) is 1. The molecule has 1 N–H and O–H groups in total. The van der Waals surface area contributed by atoms with E-state index in [4.69, 9.17) is 4.74 Å². The molecule has 0 aromatic carbocycles. The molecule has 1 aliphatic heterocycles. The summed E-state index contributed by atoms with van der Waals surface area (Å²) in [7, 11) is 2.15. The fraction of sp³-hybridized carbons (Fsp3) is 0.636. The van der Waals surface area contributed by atoms with Gasteiger partial charge < -0.3 is 10.1 Å². The van der Waals surface area contributed by atoms with Gasteiger partial charge in [-0.2, -0.15) is 11.3 Å². The van der Waals surface area contributed by atoms with Crippen LogP contribution in [0.25, 0.3) is 0 Å². The van der Waals surface area contributed by atoms with Gasteiger partial charge in [0.05, 0.1) is 12.7 Å². The van der Waals surface area contributed by atoms with Crippen LogP contribution in [-0.4, -0.2) is 44.3 Å². The average Bonchev–Trinajstić information content (AvgIpc) is 2.71. The fourth-order valence-corrected chi connectivity index (χ4v) is 2.50. The summed E-state index contributed by atoms with van der Waals surface area (Å²) in [6, 6.07) is 2.18. The Hall–Kier alpha value is -0.420. The third-order valence-electron chi connectivity index (χ3n) is 2.55. The van der Waals surface area contributed by atoms with E-state index in [1.54, 1.807) is 11.3 Å². The van der Waals surface area contributed by atoms with E-state index in [1.165, 1.54) is 5.56 Å². The monoisotopic (exact) mass is 226 g/mol. The van der Waals surface area contributed by atoms with Gasteiger partial charge in [-0.3, -0.25) is 4.90 Å². The van der Waals surface area contributed by atoms with Gasteiger partial charge in [-0.1, -0.05) is 0 Å². The van der Waals surface area contributed by atoms with Gasteiger partial charge >= 0.3 is 0 Å². The van der Waals surface area contributed by atoms with Gasteiger partial charge in [0, 0.05) is 26.2 Å². The summed E-state index contributed by atoms with van der Waals surface area (Å²) in [6.45, 7) is 4.84. The predicted octanol–water partition coefficient (Wildman–Crippen LogP) is 1.17. The maximum Gasteiger partial charge on any atom is 0.0826 e. The molecular formula is C11H18N2OS. The van der Waals surface area contributed by atoms with Gasteiger partial charge in [-0.25, -0.2) is 0 Å². The molecule has 1 atom stereocenters. The van der Waals surface area contributed by atoms with Crippen molar-refractivity contribution in [3.8, 4) is 0 Å². The molecular weight excluding hydrogens is 208 g/mol. The van der Waals surface area contributed by atoms with Gasteiger partial charge in [0.15, 0.2) is 0 Å². The Bertz CT molecular complexity index is 270. The van der Waals surface area contributed by atoms with Crippen LogP contribution in [0.1, 0.15) is 5.56 Å². The molecule has 0 aliphatic carbocycles. The normalized spacial score (nSPS) is 22.1. The van der Waals surface area contributed by atoms with Gasteiger partial charge in [0.2, 0.25) is 0 Å². The number of rotatable bonds is 4. The maximum absolute atomic E-state index is 5.67. The average molecular weight is 226 g/mol. The van der Waals surface area contributed by atoms with Gasteiger partial charge in [0.1, 0.15) is 0 Å². The minimum atomic E-state index is 0.349. The number of nitrogens with one attached hydrogen (secondary N) is 1. The highest BCUT2D eigenvalue weighted by atomic mass is 32.1. The first-order valence-corrected chi connectivity index (χ1v) is 6.31. The molecule has 2 heterocycles. The standard InChI is InChI=1S/C11H18N2OS/c1-13(7-10-2-5-15-9-10)8-11-6-12-3-4-14-11/h2,5,9,11-12H,3-4,6-8H2,1H3. The van der Waals surface area contributed by atoms with E-state index in [2.05, 4.69) is 34.1 Å². The minimum Gasteiger partial charge on any atom is -0.374 e. The third-order valence-corrected chi connectivity index (χ3v) is 3.28. The lowest BCUT2D eigenvalue weighted by molar-refractivity contribution is 0.00886. The molecule has 1 fully saturated rings. The van der Waals surface area contributed by atoms with E-state index in [0.29, 0.717) is 6.10 Å². The summed E-state index contributed by atoms with van der Waals surface area (Å²) in [4.78, 5) is 2.32. The van der Waals surface area contributed by atoms with Crippen molar-refractivity contribution >= 4 is 11.3 Å². The van der Waals surface area contributed by atoms with Crippen molar-refractivity contribution < 1.29 is 4.74 Å².